The van der Waals surface area contributed by atoms with Crippen molar-refractivity contribution in [3.8, 4) is 11.5 Å². The monoisotopic (exact) mass is 288 g/mol. The van der Waals surface area contributed by atoms with Crippen LogP contribution in [-0.4, -0.2) is 24.3 Å². The summed E-state index contributed by atoms with van der Waals surface area (Å²) in [6.07, 6.45) is 1.41. The van der Waals surface area contributed by atoms with Crippen LogP contribution < -0.4 is 10.2 Å². The average molecular weight is 288 g/mol. The Bertz CT molecular complexity index is 669. The number of nitrogens with zero attached hydrogens (tertiary/aromatic N) is 1. The summed E-state index contributed by atoms with van der Waals surface area (Å²) in [6.45, 7) is 0. The molecular formula is C15H13FN2O3. The first kappa shape index (κ1) is 14.5. The lowest BCUT2D eigenvalue weighted by Crippen LogP contribution is -2.17. The van der Waals surface area contributed by atoms with Crippen molar-refractivity contribution < 1.29 is 19.0 Å². The van der Waals surface area contributed by atoms with E-state index in [0.29, 0.717) is 16.9 Å². The van der Waals surface area contributed by atoms with Crippen molar-refractivity contribution in [2.24, 2.45) is 5.10 Å². The lowest BCUT2D eigenvalue weighted by Gasteiger charge is -2.03. The second kappa shape index (κ2) is 6.51. The van der Waals surface area contributed by atoms with Crippen molar-refractivity contribution in [2.45, 2.75) is 0 Å². The summed E-state index contributed by atoms with van der Waals surface area (Å²) in [6, 6.07) is 9.77. The van der Waals surface area contributed by atoms with E-state index in [4.69, 9.17) is 4.74 Å². The molecule has 2 rings (SSSR count). The van der Waals surface area contributed by atoms with Crippen LogP contribution in [0, 0.1) is 5.82 Å². The van der Waals surface area contributed by atoms with Crippen LogP contribution in [0.2, 0.25) is 0 Å². The van der Waals surface area contributed by atoms with E-state index in [9.17, 15) is 14.3 Å². The van der Waals surface area contributed by atoms with E-state index in [1.807, 2.05) is 0 Å². The van der Waals surface area contributed by atoms with E-state index in [0.717, 1.165) is 0 Å². The first-order valence-corrected chi connectivity index (χ1v) is 6.06. The molecule has 0 heterocycles. The zero-order valence-corrected chi connectivity index (χ0v) is 11.2. The Kier molecular flexibility index (Phi) is 4.50. The van der Waals surface area contributed by atoms with Gasteiger partial charge in [0.15, 0.2) is 11.5 Å². The first-order chi connectivity index (χ1) is 10.1. The summed E-state index contributed by atoms with van der Waals surface area (Å²) in [5.41, 5.74) is 3.27. The van der Waals surface area contributed by atoms with Crippen molar-refractivity contribution in [3.63, 3.8) is 0 Å². The summed E-state index contributed by atoms with van der Waals surface area (Å²) in [4.78, 5) is 11.7. The van der Waals surface area contributed by atoms with Crippen molar-refractivity contribution >= 4 is 12.1 Å². The number of hydrazone groups is 1. The highest BCUT2D eigenvalue weighted by Gasteiger charge is 2.04. The molecule has 0 saturated carbocycles. The number of carbonyl (C=O) groups is 1. The molecule has 0 saturated heterocycles. The first-order valence-electron chi connectivity index (χ1n) is 6.06. The molecule has 21 heavy (non-hydrogen) atoms. The normalized spacial score (nSPS) is 10.6. The van der Waals surface area contributed by atoms with Gasteiger partial charge in [-0.1, -0.05) is 0 Å². The summed E-state index contributed by atoms with van der Waals surface area (Å²) in [5.74, 6) is -0.531. The summed E-state index contributed by atoms with van der Waals surface area (Å²) in [7, 11) is 1.44. The van der Waals surface area contributed by atoms with Crippen LogP contribution in [0.25, 0.3) is 0 Å². The SMILES string of the molecule is COc1cc(C=NNC(=O)c2ccc(F)cc2)ccc1O. The highest BCUT2D eigenvalue weighted by molar-refractivity contribution is 5.94. The molecule has 0 aliphatic carbocycles. The molecule has 108 valence electrons. The fourth-order valence-corrected chi connectivity index (χ4v) is 1.61. The molecule has 0 atom stereocenters. The predicted molar refractivity (Wildman–Crippen MR) is 76.1 cm³/mol. The van der Waals surface area contributed by atoms with Gasteiger partial charge in [-0.3, -0.25) is 4.79 Å². The molecule has 0 unspecified atom stereocenters. The maximum Gasteiger partial charge on any atom is 0.271 e. The fourth-order valence-electron chi connectivity index (χ4n) is 1.61. The van der Waals surface area contributed by atoms with Gasteiger partial charge >= 0.3 is 0 Å². The Morgan fingerprint density at radius 3 is 2.67 bits per heavy atom. The summed E-state index contributed by atoms with van der Waals surface area (Å²) >= 11 is 0. The molecule has 2 N–H and O–H groups in total. The van der Waals surface area contributed by atoms with Crippen LogP contribution in [-0.2, 0) is 0 Å². The number of aromatic hydroxyl groups is 1. The Hall–Kier alpha value is -2.89. The molecule has 2 aromatic rings. The van der Waals surface area contributed by atoms with E-state index >= 15 is 0 Å². The molecule has 0 radical (unpaired) electrons. The Labute approximate surface area is 120 Å². The molecule has 2 aromatic carbocycles. The van der Waals surface area contributed by atoms with E-state index in [1.54, 1.807) is 12.1 Å². The minimum Gasteiger partial charge on any atom is -0.504 e. The number of nitrogens with one attached hydrogen (secondary N) is 1. The molecule has 5 nitrogen and oxygen atoms in total. The second-order valence-electron chi connectivity index (χ2n) is 4.14. The Morgan fingerprint density at radius 1 is 1.29 bits per heavy atom. The number of phenols is 1. The molecule has 0 fully saturated rings. The lowest BCUT2D eigenvalue weighted by molar-refractivity contribution is 0.0955. The third-order valence-corrected chi connectivity index (χ3v) is 2.69. The standard InChI is InChI=1S/C15H13FN2O3/c1-21-14-8-10(2-7-13(14)19)9-17-18-15(20)11-3-5-12(16)6-4-11/h2-9,19H,1H3,(H,18,20). The largest absolute Gasteiger partial charge is 0.504 e. The van der Waals surface area contributed by atoms with Crippen molar-refractivity contribution in [3.05, 3.63) is 59.4 Å². The van der Waals surface area contributed by atoms with Gasteiger partial charge < -0.3 is 9.84 Å². The zero-order chi connectivity index (χ0) is 15.2. The van der Waals surface area contributed by atoms with Gasteiger partial charge in [0.25, 0.3) is 5.91 Å². The number of ether oxygens (including phenoxy) is 1. The summed E-state index contributed by atoms with van der Waals surface area (Å²) < 4.78 is 17.7. The van der Waals surface area contributed by atoms with Gasteiger partial charge in [-0.05, 0) is 48.0 Å². The molecular weight excluding hydrogens is 275 g/mol. The number of benzene rings is 2. The van der Waals surface area contributed by atoms with E-state index in [2.05, 4.69) is 10.5 Å². The third kappa shape index (κ3) is 3.79. The maximum absolute atomic E-state index is 12.7. The van der Waals surface area contributed by atoms with Crippen molar-refractivity contribution in [1.29, 1.82) is 0 Å². The molecule has 1 amide bonds. The van der Waals surface area contributed by atoms with Crippen LogP contribution in [0.4, 0.5) is 4.39 Å². The van der Waals surface area contributed by atoms with E-state index in [1.165, 1.54) is 43.7 Å². The minimum absolute atomic E-state index is 0.0185. The van der Waals surface area contributed by atoms with Gasteiger partial charge in [0.2, 0.25) is 0 Å². The van der Waals surface area contributed by atoms with Crippen LogP contribution >= 0.6 is 0 Å². The molecule has 0 spiro atoms. The number of methoxy groups -OCH3 is 1. The van der Waals surface area contributed by atoms with Gasteiger partial charge in [-0.2, -0.15) is 5.10 Å². The zero-order valence-electron chi connectivity index (χ0n) is 11.2. The number of halogens is 1. The molecule has 0 aliphatic heterocycles. The van der Waals surface area contributed by atoms with Gasteiger partial charge in [0.05, 0.1) is 13.3 Å². The van der Waals surface area contributed by atoms with Gasteiger partial charge in [-0.25, -0.2) is 9.82 Å². The average Bonchev–Trinajstić information content (AvgIpc) is 2.49. The fraction of sp³-hybridized carbons (Fsp3) is 0.0667. The number of amides is 1. The van der Waals surface area contributed by atoms with Crippen LogP contribution in [0.5, 0.6) is 11.5 Å². The number of hydrogen-bond acceptors (Lipinski definition) is 4. The number of hydrogen-bond donors (Lipinski definition) is 2. The second-order valence-corrected chi connectivity index (χ2v) is 4.14. The predicted octanol–water partition coefficient (Wildman–Crippen LogP) is 2.30. The highest BCUT2D eigenvalue weighted by Crippen LogP contribution is 2.25. The van der Waals surface area contributed by atoms with E-state index in [-0.39, 0.29) is 5.75 Å². The Balaban J connectivity index is 2.02. The maximum atomic E-state index is 12.7. The van der Waals surface area contributed by atoms with Crippen LogP contribution in [0.3, 0.4) is 0 Å². The minimum atomic E-state index is -0.447. The van der Waals surface area contributed by atoms with Crippen LogP contribution in [0.1, 0.15) is 15.9 Å². The van der Waals surface area contributed by atoms with E-state index < -0.39 is 11.7 Å². The Morgan fingerprint density at radius 2 is 2.00 bits per heavy atom. The number of carbonyl (C=O) groups excluding carboxylic acids is 1. The number of phenolic OH excluding ortho intramolecular Hbond substituents is 1. The quantitative estimate of drug-likeness (QED) is 0.670. The third-order valence-electron chi connectivity index (χ3n) is 2.69. The van der Waals surface area contributed by atoms with Crippen LogP contribution in [0.15, 0.2) is 47.6 Å². The molecule has 0 aliphatic rings. The smallest absolute Gasteiger partial charge is 0.271 e. The molecule has 0 bridgehead atoms. The van der Waals surface area contributed by atoms with Gasteiger partial charge in [0, 0.05) is 5.56 Å². The highest BCUT2D eigenvalue weighted by atomic mass is 19.1. The molecule has 6 heteroatoms. The van der Waals surface area contributed by atoms with Gasteiger partial charge in [0.1, 0.15) is 5.82 Å². The van der Waals surface area contributed by atoms with Crippen molar-refractivity contribution in [1.82, 2.24) is 5.43 Å². The lowest BCUT2D eigenvalue weighted by atomic mass is 10.2. The van der Waals surface area contributed by atoms with Crippen molar-refractivity contribution in [2.75, 3.05) is 7.11 Å². The molecule has 0 aromatic heterocycles. The number of rotatable bonds is 4. The topological polar surface area (TPSA) is 70.9 Å². The van der Waals surface area contributed by atoms with Gasteiger partial charge in [-0.15, -0.1) is 0 Å². The summed E-state index contributed by atoms with van der Waals surface area (Å²) in [5, 5.41) is 13.2.